The van der Waals surface area contributed by atoms with Crippen molar-refractivity contribution in [2.45, 2.75) is 6.42 Å². The van der Waals surface area contributed by atoms with Gasteiger partial charge in [-0.3, -0.25) is 4.79 Å². The first-order valence-corrected chi connectivity index (χ1v) is 8.82. The predicted molar refractivity (Wildman–Crippen MR) is 98.3 cm³/mol. The third-order valence-electron chi connectivity index (χ3n) is 4.49. The van der Waals surface area contributed by atoms with Crippen LogP contribution in [0, 0.1) is 17.6 Å². The van der Waals surface area contributed by atoms with Gasteiger partial charge in [0.05, 0.1) is 18.6 Å². The molecule has 0 bridgehead atoms. The van der Waals surface area contributed by atoms with Gasteiger partial charge in [-0.15, -0.1) is 0 Å². The molecule has 4 rings (SSSR count). The minimum absolute atomic E-state index is 0.182. The van der Waals surface area contributed by atoms with Gasteiger partial charge in [0.15, 0.2) is 11.5 Å². The number of benzene rings is 1. The van der Waals surface area contributed by atoms with Crippen molar-refractivity contribution in [1.82, 2.24) is 9.97 Å². The topological polar surface area (TPSA) is 73.3 Å². The lowest BCUT2D eigenvalue weighted by molar-refractivity contribution is 0.101. The molecule has 1 atom stereocenters. The molecule has 1 N–H and O–H groups in total. The van der Waals surface area contributed by atoms with Crippen LogP contribution in [0.15, 0.2) is 42.7 Å². The van der Waals surface area contributed by atoms with Gasteiger partial charge in [0.1, 0.15) is 5.82 Å². The van der Waals surface area contributed by atoms with Crippen molar-refractivity contribution >= 4 is 22.4 Å². The minimum Gasteiger partial charge on any atom is -0.477 e. The Balaban J connectivity index is 1.58. The molecular formula is C20H17F2N3O3. The molecule has 0 saturated carbocycles. The van der Waals surface area contributed by atoms with Crippen LogP contribution in [0.4, 0.5) is 14.5 Å². The Hall–Kier alpha value is -3.13. The molecule has 2 aromatic heterocycles. The van der Waals surface area contributed by atoms with Gasteiger partial charge in [-0.2, -0.15) is 0 Å². The summed E-state index contributed by atoms with van der Waals surface area (Å²) in [5, 5.41) is 3.20. The number of anilines is 1. The number of pyridine rings is 2. The molecular weight excluding hydrogens is 368 g/mol. The van der Waals surface area contributed by atoms with Crippen molar-refractivity contribution in [3.8, 4) is 5.88 Å². The third kappa shape index (κ3) is 3.77. The van der Waals surface area contributed by atoms with Crippen molar-refractivity contribution in [2.75, 3.05) is 25.1 Å². The van der Waals surface area contributed by atoms with Crippen molar-refractivity contribution in [3.63, 3.8) is 0 Å². The Labute approximate surface area is 159 Å². The molecule has 8 heteroatoms. The Bertz CT molecular complexity index is 1020. The average Bonchev–Trinajstić information content (AvgIpc) is 3.20. The highest BCUT2D eigenvalue weighted by Gasteiger charge is 2.19. The van der Waals surface area contributed by atoms with Gasteiger partial charge in [0.25, 0.3) is 5.91 Å². The standard InChI is InChI=1S/C20H17F2N3O3/c21-15-2-1-5-23-18(15)19(26)25-14-8-13-3-6-24-20(17(13)16(22)9-14)28-11-12-4-7-27-10-12/h1-3,5-6,8-9,12H,4,7,10-11H2,(H,25,26). The summed E-state index contributed by atoms with van der Waals surface area (Å²) in [6, 6.07) is 6.85. The number of carbonyl (C=O) groups is 1. The minimum atomic E-state index is -0.761. The monoisotopic (exact) mass is 385 g/mol. The number of ether oxygens (including phenoxy) is 2. The second-order valence-corrected chi connectivity index (χ2v) is 6.50. The first kappa shape index (κ1) is 18.2. The van der Waals surface area contributed by atoms with Crippen LogP contribution in [0.3, 0.4) is 0 Å². The zero-order chi connectivity index (χ0) is 19.5. The van der Waals surface area contributed by atoms with Crippen LogP contribution in [0.1, 0.15) is 16.9 Å². The van der Waals surface area contributed by atoms with Crippen LogP contribution in [0.25, 0.3) is 10.8 Å². The maximum atomic E-state index is 14.8. The van der Waals surface area contributed by atoms with Crippen LogP contribution in [0.5, 0.6) is 5.88 Å². The number of nitrogens with zero attached hydrogens (tertiary/aromatic N) is 2. The van der Waals surface area contributed by atoms with Crippen molar-refractivity contribution in [2.24, 2.45) is 5.92 Å². The first-order valence-electron chi connectivity index (χ1n) is 8.82. The third-order valence-corrected chi connectivity index (χ3v) is 4.49. The quantitative estimate of drug-likeness (QED) is 0.727. The molecule has 28 heavy (non-hydrogen) atoms. The van der Waals surface area contributed by atoms with E-state index in [1.54, 1.807) is 12.1 Å². The van der Waals surface area contributed by atoms with Gasteiger partial charge >= 0.3 is 0 Å². The van der Waals surface area contributed by atoms with Crippen LogP contribution in [-0.2, 0) is 4.74 Å². The van der Waals surface area contributed by atoms with Crippen LogP contribution >= 0.6 is 0 Å². The number of nitrogens with one attached hydrogen (secondary N) is 1. The fraction of sp³-hybridized carbons (Fsp3) is 0.250. The Kier molecular flexibility index (Phi) is 5.12. The number of carbonyl (C=O) groups excluding carboxylic acids is 1. The molecule has 1 amide bonds. The number of aromatic nitrogens is 2. The molecule has 3 aromatic rings. The molecule has 1 unspecified atom stereocenters. The SMILES string of the molecule is O=C(Nc1cc(F)c2c(OCC3CCOC3)nccc2c1)c1ncccc1F. The summed E-state index contributed by atoms with van der Waals surface area (Å²) in [6.45, 7) is 1.71. The summed E-state index contributed by atoms with van der Waals surface area (Å²) >= 11 is 0. The van der Waals surface area contributed by atoms with E-state index in [1.807, 2.05) is 0 Å². The molecule has 1 aliphatic heterocycles. The molecule has 6 nitrogen and oxygen atoms in total. The fourth-order valence-electron chi connectivity index (χ4n) is 3.07. The highest BCUT2D eigenvalue weighted by molar-refractivity contribution is 6.04. The Morgan fingerprint density at radius 2 is 2.11 bits per heavy atom. The summed E-state index contributed by atoms with van der Waals surface area (Å²) in [7, 11) is 0. The van der Waals surface area contributed by atoms with Gasteiger partial charge in [-0.1, -0.05) is 0 Å². The number of amides is 1. The van der Waals surface area contributed by atoms with Gasteiger partial charge in [0.2, 0.25) is 5.88 Å². The van der Waals surface area contributed by atoms with Gasteiger partial charge < -0.3 is 14.8 Å². The van der Waals surface area contributed by atoms with Crippen molar-refractivity contribution in [3.05, 3.63) is 60.1 Å². The first-order chi connectivity index (χ1) is 13.6. The zero-order valence-electron chi connectivity index (χ0n) is 14.8. The Morgan fingerprint density at radius 3 is 2.89 bits per heavy atom. The molecule has 0 aliphatic carbocycles. The van der Waals surface area contributed by atoms with Crippen LogP contribution < -0.4 is 10.1 Å². The maximum absolute atomic E-state index is 14.8. The van der Waals surface area contributed by atoms with Gasteiger partial charge in [-0.25, -0.2) is 18.7 Å². The molecule has 144 valence electrons. The molecule has 3 heterocycles. The lowest BCUT2D eigenvalue weighted by Crippen LogP contribution is -2.15. The number of fused-ring (bicyclic) bond motifs is 1. The van der Waals surface area contributed by atoms with E-state index >= 15 is 0 Å². The van der Waals surface area contributed by atoms with E-state index in [1.165, 1.54) is 18.5 Å². The lowest BCUT2D eigenvalue weighted by Gasteiger charge is -2.13. The van der Waals surface area contributed by atoms with Crippen LogP contribution in [0.2, 0.25) is 0 Å². The van der Waals surface area contributed by atoms with E-state index in [0.717, 1.165) is 18.6 Å². The highest BCUT2D eigenvalue weighted by atomic mass is 19.1. The highest BCUT2D eigenvalue weighted by Crippen LogP contribution is 2.30. The molecule has 1 aromatic carbocycles. The maximum Gasteiger partial charge on any atom is 0.277 e. The molecule has 1 fully saturated rings. The lowest BCUT2D eigenvalue weighted by atomic mass is 10.1. The second kappa shape index (κ2) is 7.85. The van der Waals surface area contributed by atoms with Gasteiger partial charge in [-0.05, 0) is 42.1 Å². The molecule has 1 aliphatic rings. The van der Waals surface area contributed by atoms with Crippen molar-refractivity contribution in [1.29, 1.82) is 0 Å². The number of hydrogen-bond acceptors (Lipinski definition) is 5. The summed E-state index contributed by atoms with van der Waals surface area (Å²) in [6.07, 6.45) is 3.71. The predicted octanol–water partition coefficient (Wildman–Crippen LogP) is 3.58. The fourth-order valence-corrected chi connectivity index (χ4v) is 3.07. The normalized spacial score (nSPS) is 16.3. The molecule has 0 radical (unpaired) electrons. The van der Waals surface area contributed by atoms with Crippen molar-refractivity contribution < 1.29 is 23.0 Å². The Morgan fingerprint density at radius 1 is 1.21 bits per heavy atom. The number of hydrogen-bond donors (Lipinski definition) is 1. The summed E-state index contributed by atoms with van der Waals surface area (Å²) in [5.74, 6) is -1.66. The number of rotatable bonds is 5. The van der Waals surface area contributed by atoms with E-state index < -0.39 is 17.5 Å². The molecule has 1 saturated heterocycles. The zero-order valence-corrected chi connectivity index (χ0v) is 14.8. The van der Waals surface area contributed by atoms with E-state index in [2.05, 4.69) is 15.3 Å². The van der Waals surface area contributed by atoms with Gasteiger partial charge in [0, 0.05) is 30.6 Å². The molecule has 0 spiro atoms. The van der Waals surface area contributed by atoms with E-state index in [9.17, 15) is 13.6 Å². The van der Waals surface area contributed by atoms with Crippen LogP contribution in [-0.4, -0.2) is 35.7 Å². The number of halogens is 2. The van der Waals surface area contributed by atoms with E-state index in [4.69, 9.17) is 9.47 Å². The summed E-state index contributed by atoms with van der Waals surface area (Å²) in [5.41, 5.74) is -0.179. The summed E-state index contributed by atoms with van der Waals surface area (Å²) in [4.78, 5) is 20.1. The largest absolute Gasteiger partial charge is 0.477 e. The van der Waals surface area contributed by atoms with E-state index in [0.29, 0.717) is 25.2 Å². The smallest absolute Gasteiger partial charge is 0.277 e. The second-order valence-electron chi connectivity index (χ2n) is 6.50. The van der Waals surface area contributed by atoms with E-state index in [-0.39, 0.29) is 28.6 Å². The average molecular weight is 385 g/mol. The summed E-state index contributed by atoms with van der Waals surface area (Å²) < 4.78 is 39.5.